The molecular formula is C9H10ClN3. The van der Waals surface area contributed by atoms with Crippen molar-refractivity contribution in [1.82, 2.24) is 9.38 Å². The maximum absolute atomic E-state index is 6.07. The van der Waals surface area contributed by atoms with Crippen molar-refractivity contribution in [3.05, 3.63) is 34.7 Å². The second-order valence-corrected chi connectivity index (χ2v) is 3.26. The minimum atomic E-state index is 0.465. The summed E-state index contributed by atoms with van der Waals surface area (Å²) in [6.07, 6.45) is 0. The van der Waals surface area contributed by atoms with Gasteiger partial charge in [0.05, 0.1) is 5.69 Å². The van der Waals surface area contributed by atoms with Crippen LogP contribution in [0.1, 0.15) is 11.4 Å². The van der Waals surface area contributed by atoms with E-state index in [9.17, 15) is 0 Å². The summed E-state index contributed by atoms with van der Waals surface area (Å²) in [5.74, 6) is 0. The first-order valence-corrected chi connectivity index (χ1v) is 4.44. The number of nitrogens with zero attached hydrogens (tertiary/aromatic N) is 2. The summed E-state index contributed by atoms with van der Waals surface area (Å²) in [6, 6.07) is 5.79. The zero-order valence-electron chi connectivity index (χ0n) is 7.29. The van der Waals surface area contributed by atoms with Gasteiger partial charge in [0, 0.05) is 12.2 Å². The number of hydrogen-bond donors (Lipinski definition) is 1. The molecule has 0 fully saturated rings. The predicted octanol–water partition coefficient (Wildman–Crippen LogP) is 1.75. The van der Waals surface area contributed by atoms with Crippen LogP contribution < -0.4 is 5.73 Å². The van der Waals surface area contributed by atoms with Crippen molar-refractivity contribution in [2.75, 3.05) is 0 Å². The normalized spacial score (nSPS) is 11.0. The van der Waals surface area contributed by atoms with Crippen molar-refractivity contribution >= 4 is 17.2 Å². The summed E-state index contributed by atoms with van der Waals surface area (Å²) >= 11 is 6.07. The minimum absolute atomic E-state index is 0.465. The highest BCUT2D eigenvalue weighted by molar-refractivity contribution is 6.30. The van der Waals surface area contributed by atoms with Crippen LogP contribution in [0.15, 0.2) is 18.2 Å². The molecule has 0 aromatic carbocycles. The first-order valence-electron chi connectivity index (χ1n) is 4.06. The molecule has 2 aromatic heterocycles. The fourth-order valence-corrected chi connectivity index (χ4v) is 1.63. The standard InChI is InChI=1S/C9H10ClN3/c1-6-9(10)13-7(5-11)3-2-4-8(13)12-6/h2-4H,5,11H2,1H3. The SMILES string of the molecule is Cc1nc2cccc(CN)n2c1Cl. The Balaban J connectivity index is 2.87. The van der Waals surface area contributed by atoms with Crippen molar-refractivity contribution in [1.29, 1.82) is 0 Å². The van der Waals surface area contributed by atoms with E-state index in [2.05, 4.69) is 4.98 Å². The average Bonchev–Trinajstić information content (AvgIpc) is 2.43. The van der Waals surface area contributed by atoms with Crippen molar-refractivity contribution in [2.45, 2.75) is 13.5 Å². The van der Waals surface area contributed by atoms with E-state index in [1.807, 2.05) is 29.5 Å². The molecule has 0 bridgehead atoms. The Hall–Kier alpha value is -1.06. The quantitative estimate of drug-likeness (QED) is 0.754. The zero-order valence-corrected chi connectivity index (χ0v) is 8.04. The molecule has 4 heteroatoms. The first-order chi connectivity index (χ1) is 6.24. The smallest absolute Gasteiger partial charge is 0.138 e. The molecule has 3 nitrogen and oxygen atoms in total. The maximum Gasteiger partial charge on any atom is 0.138 e. The molecule has 0 aliphatic rings. The molecule has 2 N–H and O–H groups in total. The fourth-order valence-electron chi connectivity index (χ4n) is 1.39. The molecule has 13 heavy (non-hydrogen) atoms. The number of nitrogens with two attached hydrogens (primary N) is 1. The third kappa shape index (κ3) is 1.20. The van der Waals surface area contributed by atoms with E-state index in [4.69, 9.17) is 17.3 Å². The van der Waals surface area contributed by atoms with E-state index in [1.165, 1.54) is 0 Å². The Bertz CT molecular complexity index is 447. The summed E-state index contributed by atoms with van der Waals surface area (Å²) in [6.45, 7) is 2.35. The molecule has 2 aromatic rings. The zero-order chi connectivity index (χ0) is 9.42. The lowest BCUT2D eigenvalue weighted by Gasteiger charge is -2.02. The number of halogens is 1. The Morgan fingerprint density at radius 3 is 3.00 bits per heavy atom. The van der Waals surface area contributed by atoms with Crippen LogP contribution in [0.4, 0.5) is 0 Å². The molecule has 0 radical (unpaired) electrons. The van der Waals surface area contributed by atoms with E-state index < -0.39 is 0 Å². The van der Waals surface area contributed by atoms with Gasteiger partial charge in [0.15, 0.2) is 0 Å². The van der Waals surface area contributed by atoms with Crippen molar-refractivity contribution < 1.29 is 0 Å². The molecule has 0 aliphatic carbocycles. The Labute approximate surface area is 81.1 Å². The highest BCUT2D eigenvalue weighted by Crippen LogP contribution is 2.19. The molecule has 2 heterocycles. The number of aryl methyl sites for hydroxylation is 1. The number of hydrogen-bond acceptors (Lipinski definition) is 2. The topological polar surface area (TPSA) is 43.3 Å². The van der Waals surface area contributed by atoms with Gasteiger partial charge in [0.25, 0.3) is 0 Å². The van der Waals surface area contributed by atoms with Gasteiger partial charge in [-0.25, -0.2) is 4.98 Å². The highest BCUT2D eigenvalue weighted by atomic mass is 35.5. The fraction of sp³-hybridized carbons (Fsp3) is 0.222. The molecular weight excluding hydrogens is 186 g/mol. The lowest BCUT2D eigenvalue weighted by atomic mass is 10.3. The van der Waals surface area contributed by atoms with Crippen LogP contribution in [0.3, 0.4) is 0 Å². The van der Waals surface area contributed by atoms with Crippen LogP contribution in [0.25, 0.3) is 5.65 Å². The predicted molar refractivity (Wildman–Crippen MR) is 52.8 cm³/mol. The molecule has 0 unspecified atom stereocenters. The Morgan fingerprint density at radius 1 is 1.54 bits per heavy atom. The molecule has 0 atom stereocenters. The lowest BCUT2D eigenvalue weighted by Crippen LogP contribution is -2.03. The summed E-state index contributed by atoms with van der Waals surface area (Å²) in [4.78, 5) is 4.30. The van der Waals surface area contributed by atoms with Crippen molar-refractivity contribution in [2.24, 2.45) is 5.73 Å². The molecule has 0 saturated carbocycles. The third-order valence-corrected chi connectivity index (χ3v) is 2.48. The monoisotopic (exact) mass is 195 g/mol. The Morgan fingerprint density at radius 2 is 2.31 bits per heavy atom. The largest absolute Gasteiger partial charge is 0.325 e. The van der Waals surface area contributed by atoms with Gasteiger partial charge < -0.3 is 5.73 Å². The number of aromatic nitrogens is 2. The summed E-state index contributed by atoms with van der Waals surface area (Å²) in [5, 5.41) is 0.649. The van der Waals surface area contributed by atoms with E-state index in [-0.39, 0.29) is 0 Å². The minimum Gasteiger partial charge on any atom is -0.325 e. The number of fused-ring (bicyclic) bond motifs is 1. The van der Waals surface area contributed by atoms with Gasteiger partial charge in [-0.1, -0.05) is 17.7 Å². The van der Waals surface area contributed by atoms with Crippen LogP contribution in [0.2, 0.25) is 5.15 Å². The van der Waals surface area contributed by atoms with Crippen LogP contribution in [0.5, 0.6) is 0 Å². The second kappa shape index (κ2) is 3.01. The van der Waals surface area contributed by atoms with Gasteiger partial charge in [-0.15, -0.1) is 0 Å². The van der Waals surface area contributed by atoms with E-state index in [0.717, 1.165) is 17.0 Å². The molecule has 0 aliphatic heterocycles. The average molecular weight is 196 g/mol. The summed E-state index contributed by atoms with van der Waals surface area (Å²) in [5.41, 5.74) is 8.25. The van der Waals surface area contributed by atoms with E-state index in [0.29, 0.717) is 11.7 Å². The number of pyridine rings is 1. The summed E-state index contributed by atoms with van der Waals surface area (Å²) < 4.78 is 1.87. The van der Waals surface area contributed by atoms with Gasteiger partial charge in [-0.05, 0) is 19.1 Å². The highest BCUT2D eigenvalue weighted by Gasteiger charge is 2.07. The van der Waals surface area contributed by atoms with Gasteiger partial charge in [-0.3, -0.25) is 4.40 Å². The van der Waals surface area contributed by atoms with Crippen LogP contribution in [-0.4, -0.2) is 9.38 Å². The van der Waals surface area contributed by atoms with Gasteiger partial charge in [-0.2, -0.15) is 0 Å². The van der Waals surface area contributed by atoms with Crippen molar-refractivity contribution in [3.8, 4) is 0 Å². The number of imidazole rings is 1. The van der Waals surface area contributed by atoms with Crippen LogP contribution >= 0.6 is 11.6 Å². The van der Waals surface area contributed by atoms with Crippen molar-refractivity contribution in [3.63, 3.8) is 0 Å². The lowest BCUT2D eigenvalue weighted by molar-refractivity contribution is 0.946. The maximum atomic E-state index is 6.07. The third-order valence-electron chi connectivity index (χ3n) is 2.04. The Kier molecular flexibility index (Phi) is 1.98. The first kappa shape index (κ1) is 8.53. The molecule has 0 saturated heterocycles. The van der Waals surface area contributed by atoms with Gasteiger partial charge in [0.2, 0.25) is 0 Å². The van der Waals surface area contributed by atoms with Gasteiger partial charge >= 0.3 is 0 Å². The molecule has 68 valence electrons. The van der Waals surface area contributed by atoms with Crippen LogP contribution in [0, 0.1) is 6.92 Å². The number of rotatable bonds is 1. The molecule has 2 rings (SSSR count). The second-order valence-electron chi connectivity index (χ2n) is 2.90. The molecule has 0 spiro atoms. The van der Waals surface area contributed by atoms with E-state index >= 15 is 0 Å². The summed E-state index contributed by atoms with van der Waals surface area (Å²) in [7, 11) is 0. The van der Waals surface area contributed by atoms with Crippen LogP contribution in [-0.2, 0) is 6.54 Å². The molecule has 0 amide bonds. The van der Waals surface area contributed by atoms with E-state index in [1.54, 1.807) is 0 Å². The van der Waals surface area contributed by atoms with Gasteiger partial charge in [0.1, 0.15) is 10.8 Å².